The van der Waals surface area contributed by atoms with Crippen LogP contribution in [0, 0.1) is 11.6 Å². The molecule has 0 N–H and O–H groups in total. The number of halogens is 2. The number of aromatic nitrogens is 1. The molecule has 0 spiro atoms. The number of hydrogen-bond donors (Lipinski definition) is 0. The van der Waals surface area contributed by atoms with Crippen molar-refractivity contribution in [2.24, 2.45) is 0 Å². The number of benzene rings is 2. The van der Waals surface area contributed by atoms with E-state index in [0.29, 0.717) is 18.5 Å². The first-order valence-electron chi connectivity index (χ1n) is 8.22. The van der Waals surface area contributed by atoms with Gasteiger partial charge in [0.25, 0.3) is 0 Å². The van der Waals surface area contributed by atoms with Crippen LogP contribution in [0.4, 0.5) is 8.78 Å². The molecule has 0 fully saturated rings. The van der Waals surface area contributed by atoms with Crippen molar-refractivity contribution in [2.45, 2.75) is 25.9 Å². The second-order valence-electron chi connectivity index (χ2n) is 6.17. The number of fused-ring (bicyclic) bond motifs is 1. The van der Waals surface area contributed by atoms with Crippen LogP contribution in [0.15, 0.2) is 54.7 Å². The number of nitrogens with zero attached hydrogens (tertiary/aromatic N) is 2. The first-order chi connectivity index (χ1) is 12.0. The summed E-state index contributed by atoms with van der Waals surface area (Å²) < 4.78 is 28.5. The second-order valence-corrected chi connectivity index (χ2v) is 6.17. The van der Waals surface area contributed by atoms with E-state index in [-0.39, 0.29) is 11.9 Å². The molecular formula is C20H20F2N2O. The van der Waals surface area contributed by atoms with Crippen LogP contribution in [0.25, 0.3) is 10.9 Å². The van der Waals surface area contributed by atoms with E-state index in [2.05, 4.69) is 0 Å². The second kappa shape index (κ2) is 7.05. The summed E-state index contributed by atoms with van der Waals surface area (Å²) >= 11 is 0. The Morgan fingerprint density at radius 3 is 2.64 bits per heavy atom. The van der Waals surface area contributed by atoms with Crippen molar-refractivity contribution in [1.29, 1.82) is 0 Å². The molecule has 1 aromatic heterocycles. The summed E-state index contributed by atoms with van der Waals surface area (Å²) in [5, 5.41) is 1.14. The number of rotatable bonds is 5. The minimum atomic E-state index is -0.899. The third kappa shape index (κ3) is 3.55. The lowest BCUT2D eigenvalue weighted by atomic mass is 10.1. The molecule has 0 saturated heterocycles. The molecule has 130 valence electrons. The van der Waals surface area contributed by atoms with E-state index in [1.54, 1.807) is 18.9 Å². The number of para-hydroxylation sites is 1. The molecule has 1 amide bonds. The molecule has 2 aromatic carbocycles. The Labute approximate surface area is 145 Å². The van der Waals surface area contributed by atoms with E-state index in [0.717, 1.165) is 23.0 Å². The average Bonchev–Trinajstić information content (AvgIpc) is 3.04. The fraction of sp³-hybridized carbons (Fsp3) is 0.250. The van der Waals surface area contributed by atoms with Gasteiger partial charge in [0.15, 0.2) is 11.6 Å². The molecule has 5 heteroatoms. The normalized spacial score (nSPS) is 12.3. The highest BCUT2D eigenvalue weighted by Gasteiger charge is 2.18. The lowest BCUT2D eigenvalue weighted by Crippen LogP contribution is -2.30. The molecule has 3 nitrogen and oxygen atoms in total. The van der Waals surface area contributed by atoms with Crippen molar-refractivity contribution in [3.05, 3.63) is 71.9 Å². The fourth-order valence-corrected chi connectivity index (χ4v) is 2.94. The topological polar surface area (TPSA) is 25.2 Å². The van der Waals surface area contributed by atoms with Gasteiger partial charge >= 0.3 is 0 Å². The van der Waals surface area contributed by atoms with E-state index in [4.69, 9.17) is 0 Å². The van der Waals surface area contributed by atoms with E-state index in [9.17, 15) is 13.6 Å². The molecule has 3 rings (SSSR count). The molecule has 25 heavy (non-hydrogen) atoms. The van der Waals surface area contributed by atoms with E-state index in [1.165, 1.54) is 6.07 Å². The van der Waals surface area contributed by atoms with E-state index >= 15 is 0 Å². The predicted molar refractivity (Wildman–Crippen MR) is 94.1 cm³/mol. The molecular weight excluding hydrogens is 322 g/mol. The summed E-state index contributed by atoms with van der Waals surface area (Å²) in [6.07, 6.45) is 2.31. The maximum atomic E-state index is 13.4. The first kappa shape index (κ1) is 17.1. The summed E-state index contributed by atoms with van der Waals surface area (Å²) in [6.45, 7) is 2.37. The summed E-state index contributed by atoms with van der Waals surface area (Å²) in [4.78, 5) is 14.1. The molecule has 0 bridgehead atoms. The monoisotopic (exact) mass is 342 g/mol. The van der Waals surface area contributed by atoms with Crippen molar-refractivity contribution in [2.75, 3.05) is 7.05 Å². The zero-order valence-electron chi connectivity index (χ0n) is 14.2. The summed E-state index contributed by atoms with van der Waals surface area (Å²) in [7, 11) is 1.68. The summed E-state index contributed by atoms with van der Waals surface area (Å²) in [6, 6.07) is 13.4. The van der Waals surface area contributed by atoms with Gasteiger partial charge < -0.3 is 9.47 Å². The van der Waals surface area contributed by atoms with Crippen molar-refractivity contribution >= 4 is 16.8 Å². The zero-order chi connectivity index (χ0) is 18.0. The number of carbonyl (C=O) groups is 1. The van der Waals surface area contributed by atoms with Crippen LogP contribution >= 0.6 is 0 Å². The quantitative estimate of drug-likeness (QED) is 0.669. The smallest absolute Gasteiger partial charge is 0.224 e. The van der Waals surface area contributed by atoms with Crippen LogP contribution in [-0.2, 0) is 11.3 Å². The maximum absolute atomic E-state index is 13.4. The van der Waals surface area contributed by atoms with E-state index < -0.39 is 11.6 Å². The van der Waals surface area contributed by atoms with Crippen LogP contribution in [-0.4, -0.2) is 22.4 Å². The van der Waals surface area contributed by atoms with Gasteiger partial charge in [0.2, 0.25) is 5.91 Å². The molecule has 0 radical (unpaired) electrons. The highest BCUT2D eigenvalue weighted by molar-refractivity contribution is 5.80. The predicted octanol–water partition coefficient (Wildman–Crippen LogP) is 4.53. The summed E-state index contributed by atoms with van der Waals surface area (Å²) in [5.74, 6) is -1.83. The Hall–Kier alpha value is -2.69. The van der Waals surface area contributed by atoms with Crippen molar-refractivity contribution in [1.82, 2.24) is 9.47 Å². The van der Waals surface area contributed by atoms with Gasteiger partial charge in [0, 0.05) is 31.7 Å². The summed E-state index contributed by atoms with van der Waals surface area (Å²) in [5.41, 5.74) is 1.66. The van der Waals surface area contributed by atoms with Gasteiger partial charge in [-0.05, 0) is 42.1 Å². The minimum absolute atomic E-state index is 0.0463. The standard InChI is InChI=1S/C20H20F2N2O/c1-14(16-7-8-17(21)18(22)13-16)23(2)20(25)10-12-24-11-9-15-5-3-4-6-19(15)24/h3-9,11,13-14H,10,12H2,1-2H3. The molecule has 0 saturated carbocycles. The third-order valence-corrected chi connectivity index (χ3v) is 4.65. The van der Waals surface area contributed by atoms with Gasteiger partial charge in [-0.1, -0.05) is 24.3 Å². The number of carbonyl (C=O) groups excluding carboxylic acids is 1. The van der Waals surface area contributed by atoms with E-state index in [1.807, 2.05) is 41.1 Å². The first-order valence-corrected chi connectivity index (χ1v) is 8.22. The zero-order valence-corrected chi connectivity index (χ0v) is 14.2. The highest BCUT2D eigenvalue weighted by atomic mass is 19.2. The Bertz CT molecular complexity index is 904. The number of amides is 1. The van der Waals surface area contributed by atoms with Crippen LogP contribution in [0.3, 0.4) is 0 Å². The molecule has 0 aliphatic heterocycles. The SMILES string of the molecule is CC(c1ccc(F)c(F)c1)N(C)C(=O)CCn1ccc2ccccc21. The van der Waals surface area contributed by atoms with Crippen LogP contribution in [0.2, 0.25) is 0 Å². The van der Waals surface area contributed by atoms with Crippen molar-refractivity contribution in [3.63, 3.8) is 0 Å². The molecule has 1 atom stereocenters. The van der Waals surface area contributed by atoms with Gasteiger partial charge in [0.1, 0.15) is 0 Å². The van der Waals surface area contributed by atoms with Crippen LogP contribution < -0.4 is 0 Å². The Balaban J connectivity index is 1.66. The van der Waals surface area contributed by atoms with Gasteiger partial charge in [-0.15, -0.1) is 0 Å². The average molecular weight is 342 g/mol. The van der Waals surface area contributed by atoms with Gasteiger partial charge in [0.05, 0.1) is 6.04 Å². The number of hydrogen-bond acceptors (Lipinski definition) is 1. The number of aryl methyl sites for hydroxylation is 1. The molecule has 1 unspecified atom stereocenters. The molecule has 0 aliphatic carbocycles. The third-order valence-electron chi connectivity index (χ3n) is 4.65. The Morgan fingerprint density at radius 1 is 1.12 bits per heavy atom. The molecule has 1 heterocycles. The van der Waals surface area contributed by atoms with Crippen LogP contribution in [0.1, 0.15) is 24.9 Å². The maximum Gasteiger partial charge on any atom is 0.224 e. The molecule has 0 aliphatic rings. The van der Waals surface area contributed by atoms with Crippen molar-refractivity contribution < 1.29 is 13.6 Å². The minimum Gasteiger partial charge on any atom is -0.347 e. The molecule has 3 aromatic rings. The lowest BCUT2D eigenvalue weighted by Gasteiger charge is -2.25. The van der Waals surface area contributed by atoms with Gasteiger partial charge in [-0.3, -0.25) is 4.79 Å². The van der Waals surface area contributed by atoms with Gasteiger partial charge in [-0.2, -0.15) is 0 Å². The van der Waals surface area contributed by atoms with Gasteiger partial charge in [-0.25, -0.2) is 8.78 Å². The fourth-order valence-electron chi connectivity index (χ4n) is 2.94. The highest BCUT2D eigenvalue weighted by Crippen LogP contribution is 2.22. The largest absolute Gasteiger partial charge is 0.347 e. The Kier molecular flexibility index (Phi) is 4.83. The van der Waals surface area contributed by atoms with Crippen molar-refractivity contribution in [3.8, 4) is 0 Å². The lowest BCUT2D eigenvalue weighted by molar-refractivity contribution is -0.132. The Morgan fingerprint density at radius 2 is 1.88 bits per heavy atom. The van der Waals surface area contributed by atoms with Crippen LogP contribution in [0.5, 0.6) is 0 Å².